The van der Waals surface area contributed by atoms with Gasteiger partial charge in [-0.15, -0.1) is 0 Å². The first-order valence-electron chi connectivity index (χ1n) is 9.36. The standard InChI is InChI=1S/C21H22FNO6S/c1-28-11-6-7-16(13(22)8-11)30-17-9-23(14-5-3-2-4-12(14)17)21-20(27)19(26)18(25)15(10-24)29-21/h2-9,15,18-21,24-27H,10H2,1H3/t15-,18-,19+,20-,21-/m1/s1. The Morgan fingerprint density at radius 3 is 2.53 bits per heavy atom. The van der Waals surface area contributed by atoms with Gasteiger partial charge in [0.25, 0.3) is 0 Å². The molecule has 1 saturated heterocycles. The third kappa shape index (κ3) is 3.68. The van der Waals surface area contributed by atoms with Crippen molar-refractivity contribution in [1.29, 1.82) is 0 Å². The number of aliphatic hydroxyl groups excluding tert-OH is 4. The molecule has 0 amide bonds. The second kappa shape index (κ2) is 8.54. The van der Waals surface area contributed by atoms with Crippen LogP contribution >= 0.6 is 11.8 Å². The molecule has 1 aliphatic heterocycles. The summed E-state index contributed by atoms with van der Waals surface area (Å²) in [5.41, 5.74) is 0.693. The monoisotopic (exact) mass is 435 g/mol. The lowest BCUT2D eigenvalue weighted by Gasteiger charge is -2.40. The van der Waals surface area contributed by atoms with Gasteiger partial charge in [0.05, 0.1) is 19.2 Å². The molecule has 1 fully saturated rings. The molecule has 0 unspecified atom stereocenters. The van der Waals surface area contributed by atoms with E-state index in [2.05, 4.69) is 0 Å². The predicted molar refractivity (Wildman–Crippen MR) is 108 cm³/mol. The van der Waals surface area contributed by atoms with Crippen LogP contribution in [-0.2, 0) is 4.74 Å². The molecule has 30 heavy (non-hydrogen) atoms. The molecule has 2 aromatic carbocycles. The molecule has 5 atom stereocenters. The molecule has 160 valence electrons. The number of halogens is 1. The highest BCUT2D eigenvalue weighted by molar-refractivity contribution is 7.99. The topological polar surface area (TPSA) is 104 Å². The first-order valence-corrected chi connectivity index (χ1v) is 10.2. The highest BCUT2D eigenvalue weighted by atomic mass is 32.2. The molecule has 4 N–H and O–H groups in total. The lowest BCUT2D eigenvalue weighted by molar-refractivity contribution is -0.250. The molecule has 0 bridgehead atoms. The number of rotatable bonds is 5. The average molecular weight is 435 g/mol. The number of hydrogen-bond acceptors (Lipinski definition) is 7. The van der Waals surface area contributed by atoms with E-state index < -0.39 is 43.1 Å². The van der Waals surface area contributed by atoms with Crippen molar-refractivity contribution in [3.05, 3.63) is 54.5 Å². The summed E-state index contributed by atoms with van der Waals surface area (Å²) in [6, 6.07) is 11.9. The highest BCUT2D eigenvalue weighted by Crippen LogP contribution is 2.40. The van der Waals surface area contributed by atoms with Crippen molar-refractivity contribution >= 4 is 22.7 Å². The number of benzene rings is 2. The Hall–Kier alpha value is -2.14. The van der Waals surface area contributed by atoms with E-state index in [-0.39, 0.29) is 0 Å². The van der Waals surface area contributed by atoms with E-state index in [4.69, 9.17) is 9.47 Å². The van der Waals surface area contributed by atoms with Crippen LogP contribution in [0.15, 0.2) is 58.5 Å². The minimum absolute atomic E-state index is 0.396. The van der Waals surface area contributed by atoms with Gasteiger partial charge in [-0.05, 0) is 18.2 Å². The molecule has 0 spiro atoms. The van der Waals surface area contributed by atoms with Crippen LogP contribution in [0.1, 0.15) is 6.23 Å². The van der Waals surface area contributed by atoms with Gasteiger partial charge in [-0.2, -0.15) is 0 Å². The van der Waals surface area contributed by atoms with Gasteiger partial charge in [-0.3, -0.25) is 0 Å². The van der Waals surface area contributed by atoms with E-state index in [1.165, 1.54) is 24.9 Å². The Balaban J connectivity index is 1.74. The van der Waals surface area contributed by atoms with Crippen molar-refractivity contribution in [3.63, 3.8) is 0 Å². The van der Waals surface area contributed by atoms with Crippen molar-refractivity contribution in [2.45, 2.75) is 40.4 Å². The fourth-order valence-electron chi connectivity index (χ4n) is 3.59. The summed E-state index contributed by atoms with van der Waals surface area (Å²) in [7, 11) is 1.47. The average Bonchev–Trinajstić information content (AvgIpc) is 3.12. The van der Waals surface area contributed by atoms with E-state index in [1.54, 1.807) is 22.9 Å². The Morgan fingerprint density at radius 2 is 1.83 bits per heavy atom. The van der Waals surface area contributed by atoms with Crippen molar-refractivity contribution in [2.75, 3.05) is 13.7 Å². The predicted octanol–water partition coefficient (Wildman–Crippen LogP) is 1.91. The Labute approximate surface area is 176 Å². The van der Waals surface area contributed by atoms with E-state index in [1.807, 2.05) is 24.3 Å². The van der Waals surface area contributed by atoms with Gasteiger partial charge in [0.15, 0.2) is 6.23 Å². The second-order valence-corrected chi connectivity index (χ2v) is 8.12. The molecule has 4 rings (SSSR count). The van der Waals surface area contributed by atoms with Crippen LogP contribution in [-0.4, -0.2) is 63.1 Å². The SMILES string of the molecule is COc1ccc(Sc2cn([C@@H]3O[C@H](CO)[C@@H](O)[C@H](O)[C@H]3O)c3ccccc23)c(F)c1. The molecule has 9 heteroatoms. The number of ether oxygens (including phenoxy) is 2. The minimum atomic E-state index is -1.49. The summed E-state index contributed by atoms with van der Waals surface area (Å²) in [5, 5.41) is 41.0. The van der Waals surface area contributed by atoms with Crippen LogP contribution < -0.4 is 4.74 Å². The van der Waals surface area contributed by atoms with Gasteiger partial charge in [0.2, 0.25) is 0 Å². The quantitative estimate of drug-likeness (QED) is 0.485. The summed E-state index contributed by atoms with van der Waals surface area (Å²) < 4.78 is 26.8. The first-order chi connectivity index (χ1) is 14.4. The molecule has 3 aromatic rings. The summed E-state index contributed by atoms with van der Waals surface area (Å²) in [6.07, 6.45) is -4.71. The maximum Gasteiger partial charge on any atom is 0.163 e. The van der Waals surface area contributed by atoms with Crippen LogP contribution in [0.4, 0.5) is 4.39 Å². The molecule has 0 radical (unpaired) electrons. The normalized spacial score (nSPS) is 26.8. The van der Waals surface area contributed by atoms with Gasteiger partial charge < -0.3 is 34.5 Å². The molecular formula is C21H22FNO6S. The molecule has 1 aliphatic rings. The molecular weight excluding hydrogens is 413 g/mol. The molecule has 7 nitrogen and oxygen atoms in total. The minimum Gasteiger partial charge on any atom is -0.497 e. The molecule has 1 aromatic heterocycles. The third-order valence-electron chi connectivity index (χ3n) is 5.20. The van der Waals surface area contributed by atoms with E-state index in [9.17, 15) is 24.8 Å². The summed E-state index contributed by atoms with van der Waals surface area (Å²) in [4.78, 5) is 1.11. The number of aromatic nitrogens is 1. The first kappa shape index (κ1) is 21.1. The largest absolute Gasteiger partial charge is 0.497 e. The van der Waals surface area contributed by atoms with Gasteiger partial charge in [0.1, 0.15) is 36.0 Å². The maximum atomic E-state index is 14.5. The smallest absolute Gasteiger partial charge is 0.163 e. The van der Waals surface area contributed by atoms with E-state index in [0.717, 1.165) is 5.39 Å². The Bertz CT molecular complexity index is 1040. The molecule has 2 heterocycles. The highest BCUT2D eigenvalue weighted by Gasteiger charge is 2.44. The van der Waals surface area contributed by atoms with Crippen molar-refractivity contribution in [3.8, 4) is 5.75 Å². The van der Waals surface area contributed by atoms with Crippen LogP contribution in [0.25, 0.3) is 10.9 Å². The lowest BCUT2D eigenvalue weighted by atomic mass is 9.98. The lowest BCUT2D eigenvalue weighted by Crippen LogP contribution is -2.56. The van der Waals surface area contributed by atoms with Crippen LogP contribution in [0.3, 0.4) is 0 Å². The zero-order valence-electron chi connectivity index (χ0n) is 16.1. The zero-order valence-corrected chi connectivity index (χ0v) is 16.9. The number of hydrogen-bond donors (Lipinski definition) is 4. The van der Waals surface area contributed by atoms with Gasteiger partial charge in [-0.25, -0.2) is 4.39 Å². The van der Waals surface area contributed by atoms with Crippen LogP contribution in [0.2, 0.25) is 0 Å². The van der Waals surface area contributed by atoms with E-state index in [0.29, 0.717) is 21.1 Å². The molecule has 0 saturated carbocycles. The number of methoxy groups -OCH3 is 1. The fraction of sp³-hybridized carbons (Fsp3) is 0.333. The zero-order chi connectivity index (χ0) is 21.4. The number of fused-ring (bicyclic) bond motifs is 1. The Morgan fingerprint density at radius 1 is 1.07 bits per heavy atom. The summed E-state index contributed by atoms with van der Waals surface area (Å²) in [5.74, 6) is -0.00961. The molecule has 0 aliphatic carbocycles. The van der Waals surface area contributed by atoms with Crippen molar-refractivity contribution < 1.29 is 34.3 Å². The Kier molecular flexibility index (Phi) is 6.01. The second-order valence-electron chi connectivity index (χ2n) is 7.04. The number of nitrogens with zero attached hydrogens (tertiary/aromatic N) is 1. The summed E-state index contributed by atoms with van der Waals surface area (Å²) >= 11 is 1.21. The van der Waals surface area contributed by atoms with Gasteiger partial charge in [0, 0.05) is 27.4 Å². The third-order valence-corrected chi connectivity index (χ3v) is 6.30. The summed E-state index contributed by atoms with van der Waals surface area (Å²) in [6.45, 7) is -0.515. The van der Waals surface area contributed by atoms with E-state index >= 15 is 0 Å². The van der Waals surface area contributed by atoms with Crippen molar-refractivity contribution in [2.24, 2.45) is 0 Å². The van der Waals surface area contributed by atoms with Crippen LogP contribution in [0.5, 0.6) is 5.75 Å². The van der Waals surface area contributed by atoms with Gasteiger partial charge in [-0.1, -0.05) is 30.0 Å². The maximum absolute atomic E-state index is 14.5. The fourth-order valence-corrected chi connectivity index (χ4v) is 4.56. The van der Waals surface area contributed by atoms with Crippen LogP contribution in [0, 0.1) is 5.82 Å². The van der Waals surface area contributed by atoms with Gasteiger partial charge >= 0.3 is 0 Å². The van der Waals surface area contributed by atoms with Crippen molar-refractivity contribution in [1.82, 2.24) is 4.57 Å². The number of aliphatic hydroxyl groups is 4. The number of para-hydroxylation sites is 1.